The molecule has 1 amide bonds. The van der Waals surface area contributed by atoms with Gasteiger partial charge in [0.15, 0.2) is 0 Å². The second-order valence-electron chi connectivity index (χ2n) is 7.16. The molecule has 4 rings (SSSR count). The van der Waals surface area contributed by atoms with Gasteiger partial charge >= 0.3 is 0 Å². The van der Waals surface area contributed by atoms with E-state index in [4.69, 9.17) is 4.74 Å². The molecule has 1 aliphatic carbocycles. The molecule has 26 heavy (non-hydrogen) atoms. The third kappa shape index (κ3) is 3.60. The molecule has 2 fully saturated rings. The Balaban J connectivity index is 1.49. The molecule has 1 aliphatic heterocycles. The van der Waals surface area contributed by atoms with Crippen LogP contribution in [0.15, 0.2) is 35.0 Å². The highest BCUT2D eigenvalue weighted by atomic mass is 32.1. The van der Waals surface area contributed by atoms with Crippen molar-refractivity contribution in [2.75, 3.05) is 32.8 Å². The van der Waals surface area contributed by atoms with Gasteiger partial charge in [-0.1, -0.05) is 25.0 Å². The summed E-state index contributed by atoms with van der Waals surface area (Å²) in [5.74, 6) is 0.215. The minimum atomic E-state index is -0.306. The van der Waals surface area contributed by atoms with Gasteiger partial charge in [-0.25, -0.2) is 0 Å². The number of thiophene rings is 2. The molecule has 1 atom stereocenters. The van der Waals surface area contributed by atoms with Crippen LogP contribution in [0, 0.1) is 0 Å². The molecule has 1 saturated heterocycles. The number of hydrogen-bond acceptors (Lipinski definition) is 5. The van der Waals surface area contributed by atoms with E-state index in [0.717, 1.165) is 52.0 Å². The Bertz CT molecular complexity index is 687. The average molecular weight is 391 g/mol. The number of carbonyl (C=O) groups is 1. The number of nitrogens with one attached hydrogen (secondary N) is 1. The van der Waals surface area contributed by atoms with Gasteiger partial charge in [-0.05, 0) is 35.7 Å². The minimum absolute atomic E-state index is 0.215. The Kier molecular flexibility index (Phi) is 5.74. The van der Waals surface area contributed by atoms with E-state index in [1.165, 1.54) is 9.75 Å². The standard InChI is InChI=1S/C20H26N2O2S2/c23-19(20(7-1-2-8-20)18-6-4-14-26-18)21-15-16(17-5-3-13-25-17)22-9-11-24-12-10-22/h3-6,13-14,16H,1-2,7-12,15H2,(H,21,23)/t16-/m0/s1. The van der Waals surface area contributed by atoms with Crippen LogP contribution in [0.4, 0.5) is 0 Å². The third-order valence-electron chi connectivity index (χ3n) is 5.70. The maximum atomic E-state index is 13.3. The monoisotopic (exact) mass is 390 g/mol. The second-order valence-corrected chi connectivity index (χ2v) is 9.08. The van der Waals surface area contributed by atoms with Crippen LogP contribution in [-0.2, 0) is 14.9 Å². The predicted molar refractivity (Wildman–Crippen MR) is 107 cm³/mol. The lowest BCUT2D eigenvalue weighted by molar-refractivity contribution is -0.126. The SMILES string of the molecule is O=C(NC[C@@H](c1cccs1)N1CCOCC1)C1(c2cccs2)CCCC1. The Morgan fingerprint density at radius 2 is 1.88 bits per heavy atom. The number of nitrogens with zero attached hydrogens (tertiary/aromatic N) is 1. The lowest BCUT2D eigenvalue weighted by atomic mass is 9.83. The average Bonchev–Trinajstić information content (AvgIpc) is 3.44. The van der Waals surface area contributed by atoms with E-state index in [1.807, 2.05) is 0 Å². The summed E-state index contributed by atoms with van der Waals surface area (Å²) in [7, 11) is 0. The molecule has 1 saturated carbocycles. The lowest BCUT2D eigenvalue weighted by Gasteiger charge is -2.35. The Morgan fingerprint density at radius 3 is 2.54 bits per heavy atom. The molecule has 0 unspecified atom stereocenters. The molecular formula is C20H26N2O2S2. The number of hydrogen-bond donors (Lipinski definition) is 1. The zero-order valence-electron chi connectivity index (χ0n) is 15.0. The molecule has 0 spiro atoms. The van der Waals surface area contributed by atoms with Crippen LogP contribution in [0.3, 0.4) is 0 Å². The van der Waals surface area contributed by atoms with E-state index in [-0.39, 0.29) is 17.4 Å². The lowest BCUT2D eigenvalue weighted by Crippen LogP contribution is -2.47. The van der Waals surface area contributed by atoms with Gasteiger partial charge in [-0.3, -0.25) is 9.69 Å². The van der Waals surface area contributed by atoms with Gasteiger partial charge in [-0.2, -0.15) is 0 Å². The van der Waals surface area contributed by atoms with Crippen molar-refractivity contribution in [1.29, 1.82) is 0 Å². The van der Waals surface area contributed by atoms with Crippen molar-refractivity contribution in [3.05, 3.63) is 44.8 Å². The van der Waals surface area contributed by atoms with Gasteiger partial charge in [-0.15, -0.1) is 22.7 Å². The van der Waals surface area contributed by atoms with Gasteiger partial charge in [0.05, 0.1) is 24.7 Å². The van der Waals surface area contributed by atoms with Gasteiger partial charge in [0.25, 0.3) is 0 Å². The van der Waals surface area contributed by atoms with Crippen molar-refractivity contribution >= 4 is 28.6 Å². The molecular weight excluding hydrogens is 364 g/mol. The summed E-state index contributed by atoms with van der Waals surface area (Å²) in [6, 6.07) is 8.72. The normalized spacial score (nSPS) is 21.5. The highest BCUT2D eigenvalue weighted by molar-refractivity contribution is 7.10. The summed E-state index contributed by atoms with van der Waals surface area (Å²) >= 11 is 3.50. The number of morpholine rings is 1. The molecule has 2 aromatic heterocycles. The van der Waals surface area contributed by atoms with E-state index in [2.05, 4.69) is 45.2 Å². The van der Waals surface area contributed by atoms with Crippen molar-refractivity contribution < 1.29 is 9.53 Å². The molecule has 0 aromatic carbocycles. The van der Waals surface area contributed by atoms with Gasteiger partial charge in [0.2, 0.25) is 5.91 Å². The molecule has 0 radical (unpaired) electrons. The van der Waals surface area contributed by atoms with E-state index >= 15 is 0 Å². The van der Waals surface area contributed by atoms with Crippen LogP contribution in [0.2, 0.25) is 0 Å². The molecule has 3 heterocycles. The topological polar surface area (TPSA) is 41.6 Å². The van der Waals surface area contributed by atoms with Crippen molar-refractivity contribution in [2.45, 2.75) is 37.1 Å². The molecule has 6 heteroatoms. The van der Waals surface area contributed by atoms with Crippen molar-refractivity contribution in [2.24, 2.45) is 0 Å². The first-order valence-corrected chi connectivity index (χ1v) is 11.2. The first-order valence-electron chi connectivity index (χ1n) is 9.47. The molecule has 2 aromatic rings. The maximum Gasteiger partial charge on any atom is 0.231 e. The van der Waals surface area contributed by atoms with Gasteiger partial charge in [0, 0.05) is 29.4 Å². The zero-order chi connectivity index (χ0) is 17.8. The van der Waals surface area contributed by atoms with Crippen LogP contribution in [0.1, 0.15) is 41.5 Å². The molecule has 0 bridgehead atoms. The summed E-state index contributed by atoms with van der Waals surface area (Å²) in [6.07, 6.45) is 4.23. The van der Waals surface area contributed by atoms with Crippen LogP contribution < -0.4 is 5.32 Å². The number of ether oxygens (including phenoxy) is 1. The number of amides is 1. The summed E-state index contributed by atoms with van der Waals surface area (Å²) in [5.41, 5.74) is -0.306. The second kappa shape index (κ2) is 8.21. The van der Waals surface area contributed by atoms with Crippen molar-refractivity contribution in [3.63, 3.8) is 0 Å². The number of rotatable bonds is 6. The van der Waals surface area contributed by atoms with E-state index in [9.17, 15) is 4.79 Å². The Hall–Kier alpha value is -1.21. The summed E-state index contributed by atoms with van der Waals surface area (Å²) < 4.78 is 5.51. The van der Waals surface area contributed by atoms with Crippen LogP contribution in [0.25, 0.3) is 0 Å². The van der Waals surface area contributed by atoms with E-state index < -0.39 is 0 Å². The fraction of sp³-hybridized carbons (Fsp3) is 0.550. The van der Waals surface area contributed by atoms with Gasteiger partial charge < -0.3 is 10.1 Å². The quantitative estimate of drug-likeness (QED) is 0.815. The van der Waals surface area contributed by atoms with E-state index in [1.54, 1.807) is 22.7 Å². The smallest absolute Gasteiger partial charge is 0.231 e. The largest absolute Gasteiger partial charge is 0.379 e. The number of carbonyl (C=O) groups excluding carboxylic acids is 1. The van der Waals surface area contributed by atoms with Crippen LogP contribution >= 0.6 is 22.7 Å². The van der Waals surface area contributed by atoms with Crippen molar-refractivity contribution in [3.8, 4) is 0 Å². The maximum absolute atomic E-state index is 13.3. The summed E-state index contributed by atoms with van der Waals surface area (Å²) in [6.45, 7) is 4.07. The fourth-order valence-electron chi connectivity index (χ4n) is 4.25. The molecule has 140 valence electrons. The Morgan fingerprint density at radius 1 is 1.15 bits per heavy atom. The summed E-state index contributed by atoms with van der Waals surface area (Å²) in [5, 5.41) is 7.54. The first kappa shape index (κ1) is 18.2. The summed E-state index contributed by atoms with van der Waals surface area (Å²) in [4.78, 5) is 18.3. The molecule has 2 aliphatic rings. The van der Waals surface area contributed by atoms with Crippen molar-refractivity contribution in [1.82, 2.24) is 10.2 Å². The molecule has 4 nitrogen and oxygen atoms in total. The predicted octanol–water partition coefficient (Wildman–Crippen LogP) is 3.81. The highest BCUT2D eigenvalue weighted by Gasteiger charge is 2.43. The third-order valence-corrected chi connectivity index (χ3v) is 7.75. The first-order chi connectivity index (χ1) is 12.8. The van der Waals surface area contributed by atoms with Gasteiger partial charge in [0.1, 0.15) is 0 Å². The highest BCUT2D eigenvalue weighted by Crippen LogP contribution is 2.43. The Labute approximate surface area is 163 Å². The zero-order valence-corrected chi connectivity index (χ0v) is 16.6. The van der Waals surface area contributed by atoms with E-state index in [0.29, 0.717) is 6.54 Å². The molecule has 1 N–H and O–H groups in total. The van der Waals surface area contributed by atoms with Crippen LogP contribution in [-0.4, -0.2) is 43.7 Å². The van der Waals surface area contributed by atoms with Crippen LogP contribution in [0.5, 0.6) is 0 Å². The minimum Gasteiger partial charge on any atom is -0.379 e. The fourth-order valence-corrected chi connectivity index (χ4v) is 6.10.